The summed E-state index contributed by atoms with van der Waals surface area (Å²) < 4.78 is 0. The topological polar surface area (TPSA) is 40.5 Å². The van der Waals surface area contributed by atoms with Gasteiger partial charge >= 0.3 is 6.09 Å². The normalized spacial score (nSPS) is 10.2. The van der Waals surface area contributed by atoms with E-state index in [0.717, 1.165) is 5.56 Å². The average Bonchev–Trinajstić information content (AvgIpc) is 2.29. The van der Waals surface area contributed by atoms with Crippen molar-refractivity contribution >= 4 is 12.2 Å². The lowest BCUT2D eigenvalue weighted by Gasteiger charge is -2.14. The van der Waals surface area contributed by atoms with Crippen molar-refractivity contribution in [3.63, 3.8) is 0 Å². The molecule has 1 aromatic rings. The maximum Gasteiger partial charge on any atom is 0.407 e. The van der Waals surface area contributed by atoms with E-state index in [1.54, 1.807) is 6.08 Å². The van der Waals surface area contributed by atoms with Crippen molar-refractivity contribution in [3.8, 4) is 0 Å². The molecule has 1 aromatic carbocycles. The van der Waals surface area contributed by atoms with Crippen molar-refractivity contribution in [2.24, 2.45) is 0 Å². The van der Waals surface area contributed by atoms with Crippen molar-refractivity contribution in [2.75, 3.05) is 13.1 Å². The quantitative estimate of drug-likeness (QED) is 0.770. The standard InChI is InChI=1S/C13H15NO2/c1-2-10-14(13(15)16)11-6-9-12-7-4-3-5-8-12/h2-9H,1,10-11H2,(H,15,16)/b9-6+. The minimum Gasteiger partial charge on any atom is -0.465 e. The number of rotatable bonds is 5. The van der Waals surface area contributed by atoms with E-state index in [-0.39, 0.29) is 0 Å². The summed E-state index contributed by atoms with van der Waals surface area (Å²) in [6.45, 7) is 4.23. The summed E-state index contributed by atoms with van der Waals surface area (Å²) in [6, 6.07) is 9.76. The van der Waals surface area contributed by atoms with Crippen LogP contribution in [-0.2, 0) is 0 Å². The highest BCUT2D eigenvalue weighted by Crippen LogP contribution is 2.01. The fraction of sp³-hybridized carbons (Fsp3) is 0.154. The third-order valence-corrected chi connectivity index (χ3v) is 2.06. The number of carbonyl (C=O) groups is 1. The Kier molecular flexibility index (Phi) is 4.86. The molecule has 0 aliphatic heterocycles. The number of hydrogen-bond acceptors (Lipinski definition) is 1. The van der Waals surface area contributed by atoms with Gasteiger partial charge in [0, 0.05) is 13.1 Å². The molecular weight excluding hydrogens is 202 g/mol. The summed E-state index contributed by atoms with van der Waals surface area (Å²) in [6.07, 6.45) is 4.37. The van der Waals surface area contributed by atoms with E-state index in [1.165, 1.54) is 4.90 Å². The maximum absolute atomic E-state index is 10.8. The van der Waals surface area contributed by atoms with Crippen LogP contribution in [0.4, 0.5) is 4.79 Å². The third kappa shape index (κ3) is 4.00. The second kappa shape index (κ2) is 6.45. The molecule has 0 radical (unpaired) electrons. The Labute approximate surface area is 95.3 Å². The average molecular weight is 217 g/mol. The Morgan fingerprint density at radius 2 is 2.00 bits per heavy atom. The largest absolute Gasteiger partial charge is 0.465 e. The van der Waals surface area contributed by atoms with E-state index in [4.69, 9.17) is 5.11 Å². The number of benzene rings is 1. The van der Waals surface area contributed by atoms with Crippen LogP contribution < -0.4 is 0 Å². The lowest BCUT2D eigenvalue weighted by atomic mass is 10.2. The van der Waals surface area contributed by atoms with Crippen LogP contribution >= 0.6 is 0 Å². The van der Waals surface area contributed by atoms with E-state index in [2.05, 4.69) is 6.58 Å². The predicted molar refractivity (Wildman–Crippen MR) is 65.3 cm³/mol. The number of amides is 1. The minimum atomic E-state index is -0.933. The second-order valence-corrected chi connectivity index (χ2v) is 3.29. The van der Waals surface area contributed by atoms with Gasteiger partial charge in [0.15, 0.2) is 0 Å². The van der Waals surface area contributed by atoms with Gasteiger partial charge in [0.05, 0.1) is 0 Å². The van der Waals surface area contributed by atoms with E-state index in [1.807, 2.05) is 42.5 Å². The number of hydrogen-bond donors (Lipinski definition) is 1. The highest BCUT2D eigenvalue weighted by Gasteiger charge is 2.06. The first kappa shape index (κ1) is 12.0. The van der Waals surface area contributed by atoms with Gasteiger partial charge < -0.3 is 10.0 Å². The second-order valence-electron chi connectivity index (χ2n) is 3.29. The van der Waals surface area contributed by atoms with E-state index in [9.17, 15) is 4.79 Å². The number of carboxylic acid groups (broad SMARTS) is 1. The van der Waals surface area contributed by atoms with Gasteiger partial charge in [-0.2, -0.15) is 0 Å². The Hall–Kier alpha value is -2.03. The molecule has 0 unspecified atom stereocenters. The Bertz CT molecular complexity index is 371. The Morgan fingerprint density at radius 1 is 1.31 bits per heavy atom. The van der Waals surface area contributed by atoms with Crippen molar-refractivity contribution in [1.82, 2.24) is 4.90 Å². The Balaban J connectivity index is 2.52. The zero-order valence-corrected chi connectivity index (χ0v) is 9.04. The molecule has 1 rings (SSSR count). The van der Waals surface area contributed by atoms with Crippen molar-refractivity contribution in [3.05, 3.63) is 54.6 Å². The molecule has 16 heavy (non-hydrogen) atoms. The van der Waals surface area contributed by atoms with Crippen LogP contribution in [0.2, 0.25) is 0 Å². The van der Waals surface area contributed by atoms with E-state index < -0.39 is 6.09 Å². The molecule has 0 fully saturated rings. The van der Waals surface area contributed by atoms with Crippen LogP contribution in [0.25, 0.3) is 6.08 Å². The molecular formula is C13H15NO2. The molecule has 1 N–H and O–H groups in total. The summed E-state index contributed by atoms with van der Waals surface area (Å²) in [7, 11) is 0. The van der Waals surface area contributed by atoms with Gasteiger partial charge in [-0.15, -0.1) is 6.58 Å². The molecule has 0 bridgehead atoms. The van der Waals surface area contributed by atoms with Crippen molar-refractivity contribution in [1.29, 1.82) is 0 Å². The zero-order chi connectivity index (χ0) is 11.8. The molecule has 0 atom stereocenters. The highest BCUT2D eigenvalue weighted by atomic mass is 16.4. The molecule has 0 aliphatic rings. The zero-order valence-electron chi connectivity index (χ0n) is 9.04. The first-order valence-electron chi connectivity index (χ1n) is 5.04. The smallest absolute Gasteiger partial charge is 0.407 e. The van der Waals surface area contributed by atoms with Crippen LogP contribution in [0.1, 0.15) is 5.56 Å². The van der Waals surface area contributed by atoms with Crippen LogP contribution in [0.3, 0.4) is 0 Å². The van der Waals surface area contributed by atoms with E-state index in [0.29, 0.717) is 13.1 Å². The molecule has 0 spiro atoms. The Morgan fingerprint density at radius 3 is 2.56 bits per heavy atom. The summed E-state index contributed by atoms with van der Waals surface area (Å²) in [5.41, 5.74) is 1.06. The summed E-state index contributed by atoms with van der Waals surface area (Å²) in [4.78, 5) is 12.1. The van der Waals surface area contributed by atoms with Crippen LogP contribution in [0, 0.1) is 0 Å². The van der Waals surface area contributed by atoms with Gasteiger partial charge in [-0.05, 0) is 5.56 Å². The lowest BCUT2D eigenvalue weighted by Crippen LogP contribution is -2.29. The van der Waals surface area contributed by atoms with Gasteiger partial charge in [-0.3, -0.25) is 0 Å². The maximum atomic E-state index is 10.8. The molecule has 0 aromatic heterocycles. The van der Waals surface area contributed by atoms with Crippen molar-refractivity contribution in [2.45, 2.75) is 0 Å². The van der Waals surface area contributed by atoms with Crippen LogP contribution in [0.5, 0.6) is 0 Å². The van der Waals surface area contributed by atoms with Gasteiger partial charge in [0.1, 0.15) is 0 Å². The SMILES string of the molecule is C=CCN(C/C=C/c1ccccc1)C(=O)O. The molecule has 0 saturated carbocycles. The summed E-state index contributed by atoms with van der Waals surface area (Å²) in [5, 5.41) is 8.85. The molecule has 0 saturated heterocycles. The van der Waals surface area contributed by atoms with Gasteiger partial charge in [0.2, 0.25) is 0 Å². The van der Waals surface area contributed by atoms with Crippen molar-refractivity contribution < 1.29 is 9.90 Å². The molecule has 0 heterocycles. The van der Waals surface area contributed by atoms with Crippen LogP contribution in [-0.4, -0.2) is 29.2 Å². The van der Waals surface area contributed by atoms with Gasteiger partial charge in [0.25, 0.3) is 0 Å². The fourth-order valence-corrected chi connectivity index (χ4v) is 1.27. The fourth-order valence-electron chi connectivity index (χ4n) is 1.27. The number of nitrogens with zero attached hydrogens (tertiary/aromatic N) is 1. The summed E-state index contributed by atoms with van der Waals surface area (Å²) in [5.74, 6) is 0. The highest BCUT2D eigenvalue weighted by molar-refractivity contribution is 5.65. The minimum absolute atomic E-state index is 0.342. The molecule has 0 aliphatic carbocycles. The summed E-state index contributed by atoms with van der Waals surface area (Å²) >= 11 is 0. The van der Waals surface area contributed by atoms with Gasteiger partial charge in [-0.25, -0.2) is 4.79 Å². The van der Waals surface area contributed by atoms with E-state index >= 15 is 0 Å². The molecule has 84 valence electrons. The molecule has 3 heteroatoms. The third-order valence-electron chi connectivity index (χ3n) is 2.06. The van der Waals surface area contributed by atoms with Gasteiger partial charge in [-0.1, -0.05) is 48.6 Å². The molecule has 3 nitrogen and oxygen atoms in total. The first-order valence-corrected chi connectivity index (χ1v) is 5.04. The molecule has 1 amide bonds. The predicted octanol–water partition coefficient (Wildman–Crippen LogP) is 2.87. The lowest BCUT2D eigenvalue weighted by molar-refractivity contribution is 0.155. The first-order chi connectivity index (χ1) is 7.74. The monoisotopic (exact) mass is 217 g/mol. The van der Waals surface area contributed by atoms with Crippen LogP contribution in [0.15, 0.2) is 49.1 Å².